The van der Waals surface area contributed by atoms with E-state index in [1.807, 2.05) is 30.3 Å². The summed E-state index contributed by atoms with van der Waals surface area (Å²) >= 11 is 0. The van der Waals surface area contributed by atoms with Crippen LogP contribution in [0.25, 0.3) is 0 Å². The summed E-state index contributed by atoms with van der Waals surface area (Å²) in [6.07, 6.45) is 0. The molecular formula is C22H21NO4S. The number of para-hydroxylation sites is 1. The van der Waals surface area contributed by atoms with Gasteiger partial charge in [0.25, 0.3) is 0 Å². The van der Waals surface area contributed by atoms with Crippen LogP contribution in [0.2, 0.25) is 0 Å². The Labute approximate surface area is 164 Å². The monoisotopic (exact) mass is 395 g/mol. The van der Waals surface area contributed by atoms with Gasteiger partial charge >= 0.3 is 5.97 Å². The number of rotatable bonds is 7. The van der Waals surface area contributed by atoms with E-state index in [2.05, 4.69) is 5.32 Å². The van der Waals surface area contributed by atoms with Crippen LogP contribution in [0.1, 0.15) is 12.5 Å². The average molecular weight is 395 g/mol. The molecule has 0 radical (unpaired) electrons. The summed E-state index contributed by atoms with van der Waals surface area (Å²) in [4.78, 5) is 12.6. The van der Waals surface area contributed by atoms with Gasteiger partial charge in [0.05, 0.1) is 9.79 Å². The smallest absolute Gasteiger partial charge is 0.328 e. The number of nitrogens with one attached hydrogen (secondary N) is 1. The van der Waals surface area contributed by atoms with E-state index in [0.29, 0.717) is 5.56 Å². The van der Waals surface area contributed by atoms with E-state index in [1.165, 1.54) is 12.1 Å². The molecule has 6 heteroatoms. The van der Waals surface area contributed by atoms with Gasteiger partial charge in [0, 0.05) is 5.69 Å². The summed E-state index contributed by atoms with van der Waals surface area (Å²) in [7, 11) is -3.55. The van der Waals surface area contributed by atoms with Crippen LogP contribution in [0.4, 0.5) is 5.69 Å². The number of hydrogen-bond donors (Lipinski definition) is 1. The lowest BCUT2D eigenvalue weighted by Gasteiger charge is -2.14. The Morgan fingerprint density at radius 1 is 0.857 bits per heavy atom. The fourth-order valence-corrected chi connectivity index (χ4v) is 3.91. The summed E-state index contributed by atoms with van der Waals surface area (Å²) in [6, 6.07) is 23.5. The zero-order chi connectivity index (χ0) is 20.0. The van der Waals surface area contributed by atoms with Gasteiger partial charge in [-0.15, -0.1) is 0 Å². The van der Waals surface area contributed by atoms with Crippen molar-refractivity contribution >= 4 is 21.5 Å². The van der Waals surface area contributed by atoms with Gasteiger partial charge in [-0.2, -0.15) is 0 Å². The molecule has 0 fully saturated rings. The van der Waals surface area contributed by atoms with Crippen LogP contribution >= 0.6 is 0 Å². The number of esters is 1. The second kappa shape index (κ2) is 8.71. The van der Waals surface area contributed by atoms with Crippen molar-refractivity contribution in [2.45, 2.75) is 29.4 Å². The molecule has 0 saturated heterocycles. The Morgan fingerprint density at radius 3 is 2.00 bits per heavy atom. The summed E-state index contributed by atoms with van der Waals surface area (Å²) < 4.78 is 30.5. The zero-order valence-corrected chi connectivity index (χ0v) is 16.2. The van der Waals surface area contributed by atoms with Crippen LogP contribution in [0, 0.1) is 0 Å². The van der Waals surface area contributed by atoms with Crippen molar-refractivity contribution in [3.63, 3.8) is 0 Å². The third-order valence-corrected chi connectivity index (χ3v) is 5.96. The second-order valence-electron chi connectivity index (χ2n) is 6.30. The van der Waals surface area contributed by atoms with Crippen molar-refractivity contribution in [3.05, 3.63) is 90.5 Å². The van der Waals surface area contributed by atoms with Gasteiger partial charge in [-0.1, -0.05) is 48.5 Å². The van der Waals surface area contributed by atoms with Crippen molar-refractivity contribution in [2.75, 3.05) is 5.32 Å². The molecular weight excluding hydrogens is 374 g/mol. The number of sulfone groups is 1. The minimum Gasteiger partial charge on any atom is -0.459 e. The molecule has 0 aliphatic carbocycles. The summed E-state index contributed by atoms with van der Waals surface area (Å²) in [5.74, 6) is -0.384. The fourth-order valence-electron chi connectivity index (χ4n) is 2.62. The minimum atomic E-state index is -3.55. The first-order chi connectivity index (χ1) is 13.5. The molecule has 1 atom stereocenters. The van der Waals surface area contributed by atoms with Crippen LogP contribution in [0.3, 0.4) is 0 Å². The number of benzene rings is 3. The molecule has 0 aromatic heterocycles. The maximum absolute atomic E-state index is 12.6. The molecule has 0 spiro atoms. The topological polar surface area (TPSA) is 72.5 Å². The van der Waals surface area contributed by atoms with Crippen LogP contribution in [0.15, 0.2) is 94.7 Å². The molecule has 28 heavy (non-hydrogen) atoms. The highest BCUT2D eigenvalue weighted by Crippen LogP contribution is 2.21. The van der Waals surface area contributed by atoms with E-state index in [9.17, 15) is 13.2 Å². The molecule has 1 N–H and O–H groups in total. The van der Waals surface area contributed by atoms with E-state index in [-0.39, 0.29) is 22.4 Å². The van der Waals surface area contributed by atoms with Crippen LogP contribution in [0.5, 0.6) is 0 Å². The predicted octanol–water partition coefficient (Wildman–Crippen LogP) is 4.06. The Hall–Kier alpha value is -3.12. The number of carbonyl (C=O) groups excluding carboxylic acids is 1. The van der Waals surface area contributed by atoms with E-state index in [1.54, 1.807) is 49.4 Å². The first-order valence-electron chi connectivity index (χ1n) is 8.84. The van der Waals surface area contributed by atoms with Crippen LogP contribution in [-0.2, 0) is 26.0 Å². The molecule has 0 aliphatic heterocycles. The van der Waals surface area contributed by atoms with E-state index in [4.69, 9.17) is 4.74 Å². The highest BCUT2D eigenvalue weighted by molar-refractivity contribution is 7.91. The number of anilines is 1. The fraction of sp³-hybridized carbons (Fsp3) is 0.136. The van der Waals surface area contributed by atoms with Gasteiger partial charge < -0.3 is 10.1 Å². The molecule has 5 nitrogen and oxygen atoms in total. The summed E-state index contributed by atoms with van der Waals surface area (Å²) in [5, 5.41) is 3.07. The lowest BCUT2D eigenvalue weighted by Crippen LogP contribution is -2.28. The quantitative estimate of drug-likeness (QED) is 0.611. The van der Waals surface area contributed by atoms with Gasteiger partial charge in [0.15, 0.2) is 0 Å². The standard InChI is InChI=1S/C22H21NO4S/c1-17(23-19-8-4-2-5-9-19)22(24)27-16-18-12-14-21(15-13-18)28(25,26)20-10-6-3-7-11-20/h2-15,17,23H,16H2,1H3. The van der Waals surface area contributed by atoms with E-state index < -0.39 is 15.9 Å². The molecule has 3 rings (SSSR count). The highest BCUT2D eigenvalue weighted by Gasteiger charge is 2.17. The second-order valence-corrected chi connectivity index (χ2v) is 8.25. The molecule has 0 bridgehead atoms. The maximum atomic E-state index is 12.6. The Kier molecular flexibility index (Phi) is 6.11. The summed E-state index contributed by atoms with van der Waals surface area (Å²) in [6.45, 7) is 1.80. The average Bonchev–Trinajstić information content (AvgIpc) is 2.73. The van der Waals surface area contributed by atoms with Gasteiger partial charge in [-0.05, 0) is 48.9 Å². The maximum Gasteiger partial charge on any atom is 0.328 e. The van der Waals surface area contributed by atoms with Crippen molar-refractivity contribution < 1.29 is 17.9 Å². The third kappa shape index (κ3) is 4.78. The van der Waals surface area contributed by atoms with Gasteiger partial charge in [-0.25, -0.2) is 13.2 Å². The van der Waals surface area contributed by atoms with Crippen molar-refractivity contribution in [1.29, 1.82) is 0 Å². The molecule has 3 aromatic rings. The highest BCUT2D eigenvalue weighted by atomic mass is 32.2. The molecule has 0 heterocycles. The first-order valence-corrected chi connectivity index (χ1v) is 10.3. The Balaban J connectivity index is 1.59. The van der Waals surface area contributed by atoms with Crippen molar-refractivity contribution in [1.82, 2.24) is 0 Å². The van der Waals surface area contributed by atoms with Crippen LogP contribution < -0.4 is 5.32 Å². The molecule has 3 aromatic carbocycles. The molecule has 0 saturated carbocycles. The lowest BCUT2D eigenvalue weighted by molar-refractivity contribution is -0.145. The van der Waals surface area contributed by atoms with Gasteiger partial charge in [-0.3, -0.25) is 0 Å². The van der Waals surface area contributed by atoms with Crippen molar-refractivity contribution in [3.8, 4) is 0 Å². The normalized spacial score (nSPS) is 12.2. The Morgan fingerprint density at radius 2 is 1.39 bits per heavy atom. The molecule has 0 amide bonds. The first kappa shape index (κ1) is 19.6. The molecule has 144 valence electrons. The number of ether oxygens (including phenoxy) is 1. The lowest BCUT2D eigenvalue weighted by atomic mass is 10.2. The van der Waals surface area contributed by atoms with Crippen LogP contribution in [-0.4, -0.2) is 20.4 Å². The van der Waals surface area contributed by atoms with Crippen molar-refractivity contribution in [2.24, 2.45) is 0 Å². The zero-order valence-electron chi connectivity index (χ0n) is 15.4. The SMILES string of the molecule is CC(Nc1ccccc1)C(=O)OCc1ccc(S(=O)(=O)c2ccccc2)cc1. The minimum absolute atomic E-state index is 0.0747. The van der Waals surface area contributed by atoms with Gasteiger partial charge in [0.1, 0.15) is 12.6 Å². The molecule has 1 unspecified atom stereocenters. The predicted molar refractivity (Wildman–Crippen MR) is 108 cm³/mol. The number of carbonyl (C=O) groups is 1. The summed E-state index contributed by atoms with van der Waals surface area (Å²) in [5.41, 5.74) is 1.55. The van der Waals surface area contributed by atoms with E-state index in [0.717, 1.165) is 5.69 Å². The largest absolute Gasteiger partial charge is 0.459 e. The third-order valence-electron chi connectivity index (χ3n) is 4.18. The van der Waals surface area contributed by atoms with E-state index >= 15 is 0 Å². The Bertz CT molecular complexity index is 1020. The molecule has 0 aliphatic rings. The number of hydrogen-bond acceptors (Lipinski definition) is 5. The van der Waals surface area contributed by atoms with Gasteiger partial charge in [0.2, 0.25) is 9.84 Å².